The van der Waals surface area contributed by atoms with Crippen LogP contribution in [0, 0.1) is 0 Å². The van der Waals surface area contributed by atoms with Crippen molar-refractivity contribution in [3.8, 4) is 0 Å². The van der Waals surface area contributed by atoms with E-state index < -0.39 is 0 Å². The SMILES string of the molecule is CCCC1NCCn2c(C3CCCOC3)nnc21. The van der Waals surface area contributed by atoms with Crippen LogP contribution in [-0.4, -0.2) is 34.5 Å². The van der Waals surface area contributed by atoms with Crippen molar-refractivity contribution < 1.29 is 4.74 Å². The first-order chi connectivity index (χ1) is 8.90. The van der Waals surface area contributed by atoms with Crippen molar-refractivity contribution in [2.45, 2.75) is 51.1 Å². The van der Waals surface area contributed by atoms with E-state index in [0.717, 1.165) is 50.8 Å². The molecule has 0 aromatic carbocycles. The minimum atomic E-state index is 0.384. The van der Waals surface area contributed by atoms with Gasteiger partial charge in [-0.2, -0.15) is 0 Å². The van der Waals surface area contributed by atoms with E-state index in [0.29, 0.717) is 12.0 Å². The van der Waals surface area contributed by atoms with Crippen LogP contribution in [0.2, 0.25) is 0 Å². The number of hydrogen-bond acceptors (Lipinski definition) is 4. The lowest BCUT2D eigenvalue weighted by Gasteiger charge is -2.27. The molecule has 3 rings (SSSR count). The molecule has 1 fully saturated rings. The Kier molecular flexibility index (Phi) is 3.61. The van der Waals surface area contributed by atoms with Crippen LogP contribution in [0.5, 0.6) is 0 Å². The van der Waals surface area contributed by atoms with Crippen LogP contribution in [0.3, 0.4) is 0 Å². The highest BCUT2D eigenvalue weighted by molar-refractivity contribution is 5.08. The van der Waals surface area contributed by atoms with Crippen LogP contribution >= 0.6 is 0 Å². The molecule has 2 atom stereocenters. The third-order valence-corrected chi connectivity index (χ3v) is 3.95. The highest BCUT2D eigenvalue weighted by Gasteiger charge is 2.28. The highest BCUT2D eigenvalue weighted by atomic mass is 16.5. The number of hydrogen-bond donors (Lipinski definition) is 1. The van der Waals surface area contributed by atoms with Crippen LogP contribution < -0.4 is 5.32 Å². The zero-order valence-electron chi connectivity index (χ0n) is 11.1. The van der Waals surface area contributed by atoms with Crippen LogP contribution in [0.25, 0.3) is 0 Å². The molecule has 0 aliphatic carbocycles. The third-order valence-electron chi connectivity index (χ3n) is 3.95. The summed E-state index contributed by atoms with van der Waals surface area (Å²) in [5.74, 6) is 2.72. The van der Waals surface area contributed by atoms with Gasteiger partial charge >= 0.3 is 0 Å². The summed E-state index contributed by atoms with van der Waals surface area (Å²) in [4.78, 5) is 0. The lowest BCUT2D eigenvalue weighted by atomic mass is 10.0. The fourth-order valence-corrected chi connectivity index (χ4v) is 3.02. The molecule has 18 heavy (non-hydrogen) atoms. The smallest absolute Gasteiger partial charge is 0.150 e. The van der Waals surface area contributed by atoms with Gasteiger partial charge in [0, 0.05) is 25.6 Å². The molecule has 1 aromatic heterocycles. The van der Waals surface area contributed by atoms with E-state index >= 15 is 0 Å². The Hall–Kier alpha value is -0.940. The largest absolute Gasteiger partial charge is 0.381 e. The first-order valence-electron chi connectivity index (χ1n) is 7.14. The molecule has 5 nitrogen and oxygen atoms in total. The average Bonchev–Trinajstić information content (AvgIpc) is 2.85. The maximum Gasteiger partial charge on any atom is 0.150 e. The molecule has 2 aliphatic rings. The molecular formula is C13H22N4O. The summed E-state index contributed by atoms with van der Waals surface area (Å²) in [5.41, 5.74) is 0. The minimum absolute atomic E-state index is 0.384. The fourth-order valence-electron chi connectivity index (χ4n) is 3.02. The van der Waals surface area contributed by atoms with Gasteiger partial charge in [0.05, 0.1) is 12.6 Å². The van der Waals surface area contributed by atoms with E-state index in [2.05, 4.69) is 27.0 Å². The van der Waals surface area contributed by atoms with E-state index in [-0.39, 0.29) is 0 Å². The second-order valence-corrected chi connectivity index (χ2v) is 5.28. The number of ether oxygens (including phenoxy) is 1. The maximum atomic E-state index is 5.57. The van der Waals surface area contributed by atoms with Gasteiger partial charge in [-0.05, 0) is 19.3 Å². The molecule has 0 radical (unpaired) electrons. The third kappa shape index (κ3) is 2.17. The maximum absolute atomic E-state index is 5.57. The standard InChI is InChI=1S/C13H22N4O/c1-2-4-11-13-16-15-12(17(13)7-6-14-11)10-5-3-8-18-9-10/h10-11,14H,2-9H2,1H3. The Morgan fingerprint density at radius 2 is 2.28 bits per heavy atom. The Bertz CT molecular complexity index is 398. The molecule has 0 bridgehead atoms. The van der Waals surface area contributed by atoms with Crippen LogP contribution in [-0.2, 0) is 11.3 Å². The summed E-state index contributed by atoms with van der Waals surface area (Å²) in [7, 11) is 0. The zero-order chi connectivity index (χ0) is 12.4. The summed E-state index contributed by atoms with van der Waals surface area (Å²) in [6.45, 7) is 5.94. The van der Waals surface area contributed by atoms with Crippen LogP contribution in [0.1, 0.15) is 56.2 Å². The predicted molar refractivity (Wildman–Crippen MR) is 68.5 cm³/mol. The van der Waals surface area contributed by atoms with Crippen molar-refractivity contribution in [2.24, 2.45) is 0 Å². The lowest BCUT2D eigenvalue weighted by molar-refractivity contribution is 0.0766. The van der Waals surface area contributed by atoms with E-state index in [1.807, 2.05) is 0 Å². The van der Waals surface area contributed by atoms with E-state index in [1.165, 1.54) is 12.8 Å². The Morgan fingerprint density at radius 3 is 3.06 bits per heavy atom. The number of nitrogens with zero attached hydrogens (tertiary/aromatic N) is 3. The highest BCUT2D eigenvalue weighted by Crippen LogP contribution is 2.28. The summed E-state index contributed by atoms with van der Waals surface area (Å²) >= 11 is 0. The first-order valence-corrected chi connectivity index (χ1v) is 7.14. The van der Waals surface area contributed by atoms with Crippen molar-refractivity contribution in [3.63, 3.8) is 0 Å². The molecular weight excluding hydrogens is 228 g/mol. The summed E-state index contributed by atoms with van der Waals surface area (Å²) in [6, 6.07) is 0.384. The molecule has 0 saturated carbocycles. The van der Waals surface area contributed by atoms with E-state index in [1.54, 1.807) is 0 Å². The summed E-state index contributed by atoms with van der Waals surface area (Å²) in [6.07, 6.45) is 4.64. The van der Waals surface area contributed by atoms with Gasteiger partial charge in [0.2, 0.25) is 0 Å². The monoisotopic (exact) mass is 250 g/mol. The lowest BCUT2D eigenvalue weighted by Crippen LogP contribution is -2.35. The number of rotatable bonds is 3. The van der Waals surface area contributed by atoms with Gasteiger partial charge in [-0.15, -0.1) is 10.2 Å². The number of nitrogens with one attached hydrogen (secondary N) is 1. The zero-order valence-corrected chi connectivity index (χ0v) is 11.1. The van der Waals surface area contributed by atoms with Crippen LogP contribution in [0.4, 0.5) is 0 Å². The molecule has 3 heterocycles. The Labute approximate surface area is 108 Å². The van der Waals surface area contributed by atoms with Gasteiger partial charge in [-0.1, -0.05) is 13.3 Å². The Morgan fingerprint density at radius 1 is 1.39 bits per heavy atom. The van der Waals surface area contributed by atoms with Crippen molar-refractivity contribution >= 4 is 0 Å². The second-order valence-electron chi connectivity index (χ2n) is 5.28. The van der Waals surface area contributed by atoms with Crippen molar-refractivity contribution in [3.05, 3.63) is 11.6 Å². The molecule has 2 aliphatic heterocycles. The molecule has 1 saturated heterocycles. The van der Waals surface area contributed by atoms with E-state index in [9.17, 15) is 0 Å². The van der Waals surface area contributed by atoms with Gasteiger partial charge in [-0.3, -0.25) is 0 Å². The van der Waals surface area contributed by atoms with Gasteiger partial charge in [0.1, 0.15) is 11.6 Å². The number of aromatic nitrogens is 3. The van der Waals surface area contributed by atoms with Gasteiger partial charge in [0.25, 0.3) is 0 Å². The summed E-state index contributed by atoms with van der Waals surface area (Å²) < 4.78 is 7.90. The molecule has 0 amide bonds. The molecule has 2 unspecified atom stereocenters. The van der Waals surface area contributed by atoms with Crippen LogP contribution in [0.15, 0.2) is 0 Å². The fraction of sp³-hybridized carbons (Fsp3) is 0.846. The molecule has 5 heteroatoms. The number of fused-ring (bicyclic) bond motifs is 1. The normalized spacial score (nSPS) is 28.1. The van der Waals surface area contributed by atoms with Gasteiger partial charge in [-0.25, -0.2) is 0 Å². The van der Waals surface area contributed by atoms with Gasteiger partial charge in [0.15, 0.2) is 0 Å². The Balaban J connectivity index is 1.84. The molecule has 1 N–H and O–H groups in total. The topological polar surface area (TPSA) is 52.0 Å². The quantitative estimate of drug-likeness (QED) is 0.885. The second kappa shape index (κ2) is 5.36. The van der Waals surface area contributed by atoms with Crippen molar-refractivity contribution in [1.29, 1.82) is 0 Å². The molecule has 1 aromatic rings. The van der Waals surface area contributed by atoms with Gasteiger partial charge < -0.3 is 14.6 Å². The minimum Gasteiger partial charge on any atom is -0.381 e. The predicted octanol–water partition coefficient (Wildman–Crippen LogP) is 1.62. The van der Waals surface area contributed by atoms with Crippen molar-refractivity contribution in [2.75, 3.05) is 19.8 Å². The van der Waals surface area contributed by atoms with E-state index in [4.69, 9.17) is 4.74 Å². The molecule has 100 valence electrons. The summed E-state index contributed by atoms with van der Waals surface area (Å²) in [5, 5.41) is 12.4. The average molecular weight is 250 g/mol. The van der Waals surface area contributed by atoms with Crippen molar-refractivity contribution in [1.82, 2.24) is 20.1 Å². The molecule has 0 spiro atoms. The first kappa shape index (κ1) is 12.1.